The Kier molecular flexibility index (Phi) is 7.12. The van der Waals surface area contributed by atoms with Crippen LogP contribution in [0.3, 0.4) is 0 Å². The van der Waals surface area contributed by atoms with E-state index >= 15 is 0 Å². The number of ether oxygens (including phenoxy) is 1. The number of nitrogens with two attached hydrogens (primary N) is 1. The zero-order valence-electron chi connectivity index (χ0n) is 9.49. The van der Waals surface area contributed by atoms with Crippen LogP contribution in [0.1, 0.15) is 12.8 Å². The first kappa shape index (κ1) is 14.0. The molecule has 16 heavy (non-hydrogen) atoms. The summed E-state index contributed by atoms with van der Waals surface area (Å²) in [5.41, 5.74) is 6.02. The highest BCUT2D eigenvalue weighted by Gasteiger charge is 2.05. The van der Waals surface area contributed by atoms with Gasteiger partial charge in [0.2, 0.25) is 0 Å². The van der Waals surface area contributed by atoms with E-state index in [0.717, 1.165) is 29.7 Å². The second-order valence-corrected chi connectivity index (χ2v) is 5.55. The molecule has 1 atom stereocenters. The monoisotopic (exact) mass is 303 g/mol. The van der Waals surface area contributed by atoms with Crippen molar-refractivity contribution >= 4 is 27.7 Å². The summed E-state index contributed by atoms with van der Waals surface area (Å²) in [7, 11) is 1.72. The molecule has 0 aromatic heterocycles. The topological polar surface area (TPSA) is 35.2 Å². The van der Waals surface area contributed by atoms with Crippen molar-refractivity contribution in [1.82, 2.24) is 0 Å². The molecule has 2 nitrogen and oxygen atoms in total. The molecule has 0 radical (unpaired) electrons. The van der Waals surface area contributed by atoms with Crippen molar-refractivity contribution in [3.63, 3.8) is 0 Å². The van der Waals surface area contributed by atoms with Crippen LogP contribution in [0.15, 0.2) is 33.6 Å². The van der Waals surface area contributed by atoms with Crippen LogP contribution in [0.5, 0.6) is 0 Å². The Morgan fingerprint density at radius 1 is 1.44 bits per heavy atom. The normalized spacial score (nSPS) is 12.7. The first-order valence-electron chi connectivity index (χ1n) is 5.36. The second kappa shape index (κ2) is 8.12. The Morgan fingerprint density at radius 3 is 2.88 bits per heavy atom. The molecule has 1 unspecified atom stereocenters. The zero-order valence-corrected chi connectivity index (χ0v) is 11.9. The van der Waals surface area contributed by atoms with Crippen LogP contribution in [0, 0.1) is 0 Å². The van der Waals surface area contributed by atoms with Gasteiger partial charge >= 0.3 is 0 Å². The quantitative estimate of drug-likeness (QED) is 0.620. The van der Waals surface area contributed by atoms with Crippen LogP contribution in [0.25, 0.3) is 0 Å². The lowest BCUT2D eigenvalue weighted by atomic mass is 10.2. The van der Waals surface area contributed by atoms with E-state index in [1.807, 2.05) is 12.1 Å². The smallest absolute Gasteiger partial charge is 0.0462 e. The fourth-order valence-electron chi connectivity index (χ4n) is 1.33. The number of thioether (sulfide) groups is 1. The summed E-state index contributed by atoms with van der Waals surface area (Å²) < 4.78 is 6.15. The van der Waals surface area contributed by atoms with E-state index in [1.165, 1.54) is 4.90 Å². The molecule has 0 spiro atoms. The number of benzene rings is 1. The Bertz CT molecular complexity index is 309. The molecule has 0 heterocycles. The highest BCUT2D eigenvalue weighted by atomic mass is 79.9. The third kappa shape index (κ3) is 5.34. The average molecular weight is 304 g/mol. The molecule has 0 aliphatic carbocycles. The van der Waals surface area contributed by atoms with E-state index in [1.54, 1.807) is 18.9 Å². The molecule has 0 bridgehead atoms. The van der Waals surface area contributed by atoms with E-state index < -0.39 is 0 Å². The Balaban J connectivity index is 2.26. The Hall–Kier alpha value is -0.0300. The van der Waals surface area contributed by atoms with Gasteiger partial charge in [-0.1, -0.05) is 12.1 Å². The largest absolute Gasteiger partial charge is 0.385 e. The summed E-state index contributed by atoms with van der Waals surface area (Å²) >= 11 is 5.33. The van der Waals surface area contributed by atoms with Gasteiger partial charge in [-0.3, -0.25) is 0 Å². The molecule has 0 aliphatic rings. The predicted molar refractivity (Wildman–Crippen MR) is 74.0 cm³/mol. The molecule has 0 aliphatic heterocycles. The van der Waals surface area contributed by atoms with Crippen molar-refractivity contribution in [2.24, 2.45) is 5.73 Å². The molecule has 2 N–H and O–H groups in total. The summed E-state index contributed by atoms with van der Waals surface area (Å²) in [6.07, 6.45) is 2.06. The molecule has 0 saturated heterocycles. The van der Waals surface area contributed by atoms with Gasteiger partial charge in [0, 0.05) is 34.9 Å². The van der Waals surface area contributed by atoms with E-state index in [9.17, 15) is 0 Å². The minimum atomic E-state index is 0.243. The number of rotatable bonds is 7. The van der Waals surface area contributed by atoms with Gasteiger partial charge in [0.1, 0.15) is 0 Å². The molecule has 4 heteroatoms. The highest BCUT2D eigenvalue weighted by molar-refractivity contribution is 9.10. The minimum Gasteiger partial charge on any atom is -0.385 e. The molecule has 1 rings (SSSR count). The lowest BCUT2D eigenvalue weighted by Crippen LogP contribution is -2.23. The maximum Gasteiger partial charge on any atom is 0.0462 e. The van der Waals surface area contributed by atoms with Gasteiger partial charge in [0.25, 0.3) is 0 Å². The molecular formula is C12H18BrNOS. The van der Waals surface area contributed by atoms with Gasteiger partial charge < -0.3 is 10.5 Å². The number of hydrogen-bond acceptors (Lipinski definition) is 3. The molecule has 0 amide bonds. The SMILES string of the molecule is COCCCC(N)CSc1ccccc1Br. The first-order valence-corrected chi connectivity index (χ1v) is 7.13. The molecule has 1 aromatic carbocycles. The number of methoxy groups -OCH3 is 1. The molecule has 1 aromatic rings. The molecule has 0 fully saturated rings. The lowest BCUT2D eigenvalue weighted by molar-refractivity contribution is 0.191. The van der Waals surface area contributed by atoms with Crippen molar-refractivity contribution in [2.45, 2.75) is 23.8 Å². The average Bonchev–Trinajstić information content (AvgIpc) is 2.28. The van der Waals surface area contributed by atoms with Crippen LogP contribution in [0.2, 0.25) is 0 Å². The van der Waals surface area contributed by atoms with Crippen molar-refractivity contribution in [3.05, 3.63) is 28.7 Å². The van der Waals surface area contributed by atoms with Crippen LogP contribution in [0.4, 0.5) is 0 Å². The summed E-state index contributed by atoms with van der Waals surface area (Å²) in [5, 5.41) is 0. The van der Waals surface area contributed by atoms with Crippen molar-refractivity contribution in [3.8, 4) is 0 Å². The third-order valence-corrected chi connectivity index (χ3v) is 4.43. The van der Waals surface area contributed by atoms with E-state index in [2.05, 4.69) is 28.1 Å². The Labute approximate surface area is 110 Å². The first-order chi connectivity index (χ1) is 7.74. The highest BCUT2D eigenvalue weighted by Crippen LogP contribution is 2.27. The second-order valence-electron chi connectivity index (χ2n) is 3.64. The van der Waals surface area contributed by atoms with Gasteiger partial charge in [-0.25, -0.2) is 0 Å². The zero-order chi connectivity index (χ0) is 11.8. The van der Waals surface area contributed by atoms with Crippen LogP contribution in [-0.4, -0.2) is 25.5 Å². The van der Waals surface area contributed by atoms with Gasteiger partial charge in [-0.05, 0) is 40.9 Å². The van der Waals surface area contributed by atoms with Crippen molar-refractivity contribution in [1.29, 1.82) is 0 Å². The van der Waals surface area contributed by atoms with Gasteiger partial charge in [-0.15, -0.1) is 11.8 Å². The number of hydrogen-bond donors (Lipinski definition) is 1. The minimum absolute atomic E-state index is 0.243. The third-order valence-electron chi connectivity index (χ3n) is 2.21. The number of halogens is 1. The molecular weight excluding hydrogens is 286 g/mol. The van der Waals surface area contributed by atoms with Crippen LogP contribution in [-0.2, 0) is 4.74 Å². The standard InChI is InChI=1S/C12H18BrNOS/c1-15-8-4-5-10(14)9-16-12-7-3-2-6-11(12)13/h2-3,6-7,10H,4-5,8-9,14H2,1H3. The van der Waals surface area contributed by atoms with Crippen LogP contribution < -0.4 is 5.73 Å². The maximum absolute atomic E-state index is 6.02. The van der Waals surface area contributed by atoms with Gasteiger partial charge in [0.05, 0.1) is 0 Å². The molecule has 0 saturated carbocycles. The van der Waals surface area contributed by atoms with Crippen molar-refractivity contribution in [2.75, 3.05) is 19.5 Å². The van der Waals surface area contributed by atoms with E-state index in [0.29, 0.717) is 0 Å². The van der Waals surface area contributed by atoms with E-state index in [-0.39, 0.29) is 6.04 Å². The van der Waals surface area contributed by atoms with Crippen molar-refractivity contribution < 1.29 is 4.74 Å². The molecule has 90 valence electrons. The summed E-state index contributed by atoms with van der Waals surface area (Å²) in [5.74, 6) is 0.951. The predicted octanol–water partition coefficient (Wildman–Crippen LogP) is 3.30. The summed E-state index contributed by atoms with van der Waals surface area (Å²) in [4.78, 5) is 1.25. The van der Waals surface area contributed by atoms with Gasteiger partial charge in [-0.2, -0.15) is 0 Å². The summed E-state index contributed by atoms with van der Waals surface area (Å²) in [6.45, 7) is 0.799. The lowest BCUT2D eigenvalue weighted by Gasteiger charge is -2.11. The van der Waals surface area contributed by atoms with Gasteiger partial charge in [0.15, 0.2) is 0 Å². The summed E-state index contributed by atoms with van der Waals surface area (Å²) in [6, 6.07) is 8.47. The Morgan fingerprint density at radius 2 is 2.19 bits per heavy atom. The maximum atomic E-state index is 6.02. The fourth-order valence-corrected chi connectivity index (χ4v) is 2.90. The fraction of sp³-hybridized carbons (Fsp3) is 0.500. The van der Waals surface area contributed by atoms with E-state index in [4.69, 9.17) is 10.5 Å². The van der Waals surface area contributed by atoms with Crippen LogP contribution >= 0.6 is 27.7 Å².